The molecule has 0 spiro atoms. The third-order valence-corrected chi connectivity index (χ3v) is 1.69. The SMILES string of the molecule is [N-]=[N+]=NCCc1cccc([N+](=O)[O-])c1. The molecule has 1 rings (SSSR count). The zero-order chi connectivity index (χ0) is 10.4. The summed E-state index contributed by atoms with van der Waals surface area (Å²) >= 11 is 0. The fourth-order valence-corrected chi connectivity index (χ4v) is 1.05. The Balaban J connectivity index is 2.73. The third kappa shape index (κ3) is 2.76. The van der Waals surface area contributed by atoms with Crippen LogP contribution in [0.2, 0.25) is 0 Å². The van der Waals surface area contributed by atoms with Crippen molar-refractivity contribution in [3.8, 4) is 0 Å². The summed E-state index contributed by atoms with van der Waals surface area (Å²) in [6.45, 7) is 0.317. The van der Waals surface area contributed by atoms with E-state index in [9.17, 15) is 10.1 Å². The molecule has 72 valence electrons. The van der Waals surface area contributed by atoms with Crippen LogP contribution in [0.4, 0.5) is 5.69 Å². The van der Waals surface area contributed by atoms with Crippen LogP contribution in [-0.4, -0.2) is 11.5 Å². The van der Waals surface area contributed by atoms with Gasteiger partial charge in [0.05, 0.1) is 4.92 Å². The number of hydrogen-bond donors (Lipinski definition) is 0. The number of azide groups is 1. The Morgan fingerprint density at radius 2 is 2.36 bits per heavy atom. The molecule has 14 heavy (non-hydrogen) atoms. The monoisotopic (exact) mass is 192 g/mol. The van der Waals surface area contributed by atoms with Crippen LogP contribution in [-0.2, 0) is 6.42 Å². The fourth-order valence-electron chi connectivity index (χ4n) is 1.05. The van der Waals surface area contributed by atoms with Gasteiger partial charge in [0.2, 0.25) is 0 Å². The van der Waals surface area contributed by atoms with Gasteiger partial charge in [-0.25, -0.2) is 0 Å². The van der Waals surface area contributed by atoms with Crippen LogP contribution in [0, 0.1) is 10.1 Å². The lowest BCUT2D eigenvalue weighted by atomic mass is 10.1. The van der Waals surface area contributed by atoms with Crippen LogP contribution < -0.4 is 0 Å². The molecule has 0 N–H and O–H groups in total. The van der Waals surface area contributed by atoms with Gasteiger partial charge < -0.3 is 0 Å². The maximum Gasteiger partial charge on any atom is 0.269 e. The van der Waals surface area contributed by atoms with Crippen molar-refractivity contribution < 1.29 is 4.92 Å². The molecule has 0 aliphatic rings. The van der Waals surface area contributed by atoms with Crippen molar-refractivity contribution in [3.05, 3.63) is 50.4 Å². The Morgan fingerprint density at radius 3 is 3.00 bits per heavy atom. The molecule has 1 aromatic rings. The molecule has 1 aromatic carbocycles. The van der Waals surface area contributed by atoms with E-state index in [4.69, 9.17) is 5.53 Å². The van der Waals surface area contributed by atoms with E-state index in [1.54, 1.807) is 12.1 Å². The van der Waals surface area contributed by atoms with Gasteiger partial charge in [-0.1, -0.05) is 17.2 Å². The van der Waals surface area contributed by atoms with E-state index in [2.05, 4.69) is 10.0 Å². The van der Waals surface area contributed by atoms with Crippen molar-refractivity contribution in [2.45, 2.75) is 6.42 Å². The van der Waals surface area contributed by atoms with Crippen molar-refractivity contribution in [3.63, 3.8) is 0 Å². The maximum absolute atomic E-state index is 10.4. The average Bonchev–Trinajstić information content (AvgIpc) is 2.19. The summed E-state index contributed by atoms with van der Waals surface area (Å²) in [6, 6.07) is 6.29. The van der Waals surface area contributed by atoms with E-state index in [-0.39, 0.29) is 5.69 Å². The van der Waals surface area contributed by atoms with Gasteiger partial charge in [0.15, 0.2) is 0 Å². The van der Waals surface area contributed by atoms with Crippen molar-refractivity contribution in [1.29, 1.82) is 0 Å². The first kappa shape index (κ1) is 10.0. The highest BCUT2D eigenvalue weighted by molar-refractivity contribution is 5.34. The smallest absolute Gasteiger partial charge is 0.258 e. The topological polar surface area (TPSA) is 91.9 Å². The summed E-state index contributed by atoms with van der Waals surface area (Å²) in [5.74, 6) is 0. The number of hydrogen-bond acceptors (Lipinski definition) is 3. The molecular formula is C8H8N4O2. The fraction of sp³-hybridized carbons (Fsp3) is 0.250. The van der Waals surface area contributed by atoms with Gasteiger partial charge in [-0.2, -0.15) is 0 Å². The first-order valence-corrected chi connectivity index (χ1v) is 3.98. The van der Waals surface area contributed by atoms with Gasteiger partial charge in [-0.15, -0.1) is 0 Å². The van der Waals surface area contributed by atoms with Crippen LogP contribution in [0.5, 0.6) is 0 Å². The number of nitro benzene ring substituents is 1. The molecule has 0 aromatic heterocycles. The van der Waals surface area contributed by atoms with E-state index >= 15 is 0 Å². The minimum absolute atomic E-state index is 0.0587. The second-order valence-electron chi connectivity index (χ2n) is 2.63. The van der Waals surface area contributed by atoms with Gasteiger partial charge in [-0.3, -0.25) is 10.1 Å². The van der Waals surface area contributed by atoms with E-state index in [1.165, 1.54) is 12.1 Å². The lowest BCUT2D eigenvalue weighted by Crippen LogP contribution is -1.92. The molecule has 0 aliphatic heterocycles. The maximum atomic E-state index is 10.4. The highest BCUT2D eigenvalue weighted by Gasteiger charge is 2.04. The summed E-state index contributed by atoms with van der Waals surface area (Å²) < 4.78 is 0. The lowest BCUT2D eigenvalue weighted by Gasteiger charge is -1.96. The zero-order valence-corrected chi connectivity index (χ0v) is 7.33. The van der Waals surface area contributed by atoms with Gasteiger partial charge in [0.1, 0.15) is 0 Å². The molecule has 0 saturated carbocycles. The minimum atomic E-state index is -0.447. The molecule has 0 bridgehead atoms. The summed E-state index contributed by atoms with van der Waals surface area (Å²) in [7, 11) is 0. The lowest BCUT2D eigenvalue weighted by molar-refractivity contribution is -0.384. The predicted molar refractivity (Wildman–Crippen MR) is 50.8 cm³/mol. The minimum Gasteiger partial charge on any atom is -0.258 e. The second-order valence-corrected chi connectivity index (χ2v) is 2.63. The number of non-ortho nitro benzene ring substituents is 1. The van der Waals surface area contributed by atoms with Crippen molar-refractivity contribution in [2.24, 2.45) is 5.11 Å². The molecule has 0 unspecified atom stereocenters. The Kier molecular flexibility index (Phi) is 3.46. The Bertz CT molecular complexity index is 385. The van der Waals surface area contributed by atoms with E-state index in [0.717, 1.165) is 5.56 Å². The molecule has 0 radical (unpaired) electrons. The number of benzene rings is 1. The summed E-state index contributed by atoms with van der Waals surface area (Å²) in [5.41, 5.74) is 8.89. The normalized spacial score (nSPS) is 9.14. The first-order chi connectivity index (χ1) is 6.74. The van der Waals surface area contributed by atoms with Crippen LogP contribution in [0.15, 0.2) is 29.4 Å². The quantitative estimate of drug-likeness (QED) is 0.241. The second kappa shape index (κ2) is 4.84. The number of nitro groups is 1. The molecular weight excluding hydrogens is 184 g/mol. The van der Waals surface area contributed by atoms with Crippen LogP contribution in [0.25, 0.3) is 10.4 Å². The van der Waals surface area contributed by atoms with Crippen LogP contribution in [0.1, 0.15) is 5.56 Å². The molecule has 6 nitrogen and oxygen atoms in total. The van der Waals surface area contributed by atoms with Crippen molar-refractivity contribution in [2.75, 3.05) is 6.54 Å². The zero-order valence-electron chi connectivity index (χ0n) is 7.33. The molecule has 6 heteroatoms. The largest absolute Gasteiger partial charge is 0.269 e. The van der Waals surface area contributed by atoms with Gasteiger partial charge in [-0.05, 0) is 17.5 Å². The highest BCUT2D eigenvalue weighted by Crippen LogP contribution is 2.13. The number of nitrogens with zero attached hydrogens (tertiary/aromatic N) is 4. The van der Waals surface area contributed by atoms with E-state index in [1.807, 2.05) is 0 Å². The van der Waals surface area contributed by atoms with E-state index in [0.29, 0.717) is 13.0 Å². The van der Waals surface area contributed by atoms with Crippen molar-refractivity contribution in [1.82, 2.24) is 0 Å². The Labute approximate surface area is 79.9 Å². The van der Waals surface area contributed by atoms with Gasteiger partial charge in [0.25, 0.3) is 5.69 Å². The third-order valence-electron chi connectivity index (χ3n) is 1.69. The van der Waals surface area contributed by atoms with Gasteiger partial charge >= 0.3 is 0 Å². The molecule has 0 heterocycles. The van der Waals surface area contributed by atoms with Gasteiger partial charge in [0, 0.05) is 23.6 Å². The summed E-state index contributed by atoms with van der Waals surface area (Å²) in [4.78, 5) is 12.6. The molecule has 0 atom stereocenters. The van der Waals surface area contributed by atoms with Crippen LogP contribution >= 0.6 is 0 Å². The molecule has 0 amide bonds. The standard InChI is InChI=1S/C8H8N4O2/c9-11-10-5-4-7-2-1-3-8(6-7)12(13)14/h1-3,6H,4-5H2. The predicted octanol–water partition coefficient (Wildman–Crippen LogP) is 2.45. The van der Waals surface area contributed by atoms with Crippen LogP contribution in [0.3, 0.4) is 0 Å². The Hall–Kier alpha value is -2.07. The Morgan fingerprint density at radius 1 is 1.57 bits per heavy atom. The molecule has 0 saturated heterocycles. The summed E-state index contributed by atoms with van der Waals surface area (Å²) in [5, 5.41) is 13.8. The van der Waals surface area contributed by atoms with E-state index < -0.39 is 4.92 Å². The molecule has 0 fully saturated rings. The number of rotatable bonds is 4. The van der Waals surface area contributed by atoms with Crippen molar-refractivity contribution >= 4 is 5.69 Å². The summed E-state index contributed by atoms with van der Waals surface area (Å²) in [6.07, 6.45) is 0.520. The molecule has 0 aliphatic carbocycles. The first-order valence-electron chi connectivity index (χ1n) is 3.98. The highest BCUT2D eigenvalue weighted by atomic mass is 16.6. The average molecular weight is 192 g/mol.